The van der Waals surface area contributed by atoms with Crippen molar-refractivity contribution in [3.8, 4) is 0 Å². The van der Waals surface area contributed by atoms with E-state index in [9.17, 15) is 4.79 Å². The van der Waals surface area contributed by atoms with E-state index in [4.69, 9.17) is 4.74 Å². The maximum Gasteiger partial charge on any atom is 0.306 e. The molecule has 0 aromatic heterocycles. The highest BCUT2D eigenvalue weighted by atomic mass is 16.5. The van der Waals surface area contributed by atoms with Gasteiger partial charge >= 0.3 is 5.97 Å². The Morgan fingerprint density at radius 3 is 2.85 bits per heavy atom. The molecule has 0 saturated heterocycles. The van der Waals surface area contributed by atoms with Crippen LogP contribution in [0.4, 0.5) is 0 Å². The summed E-state index contributed by atoms with van der Waals surface area (Å²) >= 11 is 0. The minimum atomic E-state index is -0.0107. The van der Waals surface area contributed by atoms with Gasteiger partial charge in [-0.15, -0.1) is 0 Å². The second kappa shape index (κ2) is 3.95. The van der Waals surface area contributed by atoms with Crippen LogP contribution in [0.15, 0.2) is 12.2 Å². The molecule has 72 valence electrons. The van der Waals surface area contributed by atoms with Crippen molar-refractivity contribution in [2.75, 3.05) is 6.61 Å². The van der Waals surface area contributed by atoms with Gasteiger partial charge in [-0.1, -0.05) is 12.2 Å². The molecule has 1 saturated carbocycles. The number of carbonyl (C=O) groups is 1. The van der Waals surface area contributed by atoms with Gasteiger partial charge in [0.15, 0.2) is 0 Å². The van der Waals surface area contributed by atoms with Crippen LogP contribution in [0, 0.1) is 11.8 Å². The molecule has 2 nitrogen and oxygen atoms in total. The van der Waals surface area contributed by atoms with Gasteiger partial charge in [0.1, 0.15) is 0 Å². The number of hydrogen-bond donors (Lipinski definition) is 0. The average Bonchev–Trinajstić information content (AvgIpc) is 2.82. The van der Waals surface area contributed by atoms with Crippen LogP contribution >= 0.6 is 0 Å². The zero-order chi connectivity index (χ0) is 9.10. The average molecular weight is 180 g/mol. The standard InChI is InChI=1S/C11H16O2/c12-11(13-8-10-5-6-10)7-9-3-1-2-4-9/h1,3,9-10H,2,4-8H2. The van der Waals surface area contributed by atoms with Gasteiger partial charge in [0, 0.05) is 0 Å². The highest BCUT2D eigenvalue weighted by molar-refractivity contribution is 5.70. The summed E-state index contributed by atoms with van der Waals surface area (Å²) in [4.78, 5) is 11.3. The van der Waals surface area contributed by atoms with E-state index >= 15 is 0 Å². The van der Waals surface area contributed by atoms with E-state index < -0.39 is 0 Å². The fourth-order valence-corrected chi connectivity index (χ4v) is 1.63. The fourth-order valence-electron chi connectivity index (χ4n) is 1.63. The lowest BCUT2D eigenvalue weighted by atomic mass is 10.1. The van der Waals surface area contributed by atoms with E-state index in [-0.39, 0.29) is 5.97 Å². The molecule has 2 aliphatic carbocycles. The van der Waals surface area contributed by atoms with Gasteiger partial charge in [0.2, 0.25) is 0 Å². The highest BCUT2D eigenvalue weighted by Crippen LogP contribution is 2.29. The Morgan fingerprint density at radius 1 is 1.38 bits per heavy atom. The number of ether oxygens (including phenoxy) is 1. The van der Waals surface area contributed by atoms with Crippen molar-refractivity contribution >= 4 is 5.97 Å². The lowest BCUT2D eigenvalue weighted by molar-refractivity contribution is -0.144. The molecule has 0 heterocycles. The summed E-state index contributed by atoms with van der Waals surface area (Å²) in [5.74, 6) is 1.12. The van der Waals surface area contributed by atoms with Crippen LogP contribution in [-0.2, 0) is 9.53 Å². The van der Waals surface area contributed by atoms with Crippen LogP contribution in [0.2, 0.25) is 0 Å². The van der Waals surface area contributed by atoms with Crippen LogP contribution in [0.5, 0.6) is 0 Å². The van der Waals surface area contributed by atoms with E-state index in [1.807, 2.05) is 0 Å². The molecule has 0 N–H and O–H groups in total. The summed E-state index contributed by atoms with van der Waals surface area (Å²) in [6.45, 7) is 0.662. The molecule has 2 rings (SSSR count). The number of hydrogen-bond acceptors (Lipinski definition) is 2. The molecule has 0 amide bonds. The van der Waals surface area contributed by atoms with Crippen LogP contribution in [0.1, 0.15) is 32.1 Å². The Labute approximate surface area is 79.0 Å². The summed E-state index contributed by atoms with van der Waals surface area (Å²) in [7, 11) is 0. The van der Waals surface area contributed by atoms with Crippen molar-refractivity contribution in [2.24, 2.45) is 11.8 Å². The summed E-state index contributed by atoms with van der Waals surface area (Å²) < 4.78 is 5.16. The minimum Gasteiger partial charge on any atom is -0.465 e. The first kappa shape index (κ1) is 8.79. The summed E-state index contributed by atoms with van der Waals surface area (Å²) in [6.07, 6.45) is 9.62. The van der Waals surface area contributed by atoms with Crippen molar-refractivity contribution in [3.63, 3.8) is 0 Å². The molecule has 0 radical (unpaired) electrons. The van der Waals surface area contributed by atoms with Gasteiger partial charge in [-0.25, -0.2) is 0 Å². The van der Waals surface area contributed by atoms with Gasteiger partial charge < -0.3 is 4.74 Å². The Bertz CT molecular complexity index is 216. The van der Waals surface area contributed by atoms with Crippen LogP contribution in [0.3, 0.4) is 0 Å². The Balaban J connectivity index is 1.62. The molecule has 0 aromatic carbocycles. The summed E-state index contributed by atoms with van der Waals surface area (Å²) in [6, 6.07) is 0. The second-order valence-corrected chi connectivity index (χ2v) is 4.10. The van der Waals surface area contributed by atoms with Gasteiger partial charge in [0.25, 0.3) is 0 Å². The van der Waals surface area contributed by atoms with E-state index in [0.717, 1.165) is 12.8 Å². The molecule has 2 heteroatoms. The zero-order valence-electron chi connectivity index (χ0n) is 7.87. The minimum absolute atomic E-state index is 0.0107. The predicted octanol–water partition coefficient (Wildman–Crippen LogP) is 2.30. The number of carbonyl (C=O) groups excluding carboxylic acids is 1. The van der Waals surface area contributed by atoms with E-state index in [1.165, 1.54) is 12.8 Å². The van der Waals surface area contributed by atoms with Crippen LogP contribution in [0.25, 0.3) is 0 Å². The normalized spacial score (nSPS) is 26.3. The largest absolute Gasteiger partial charge is 0.465 e. The van der Waals surface area contributed by atoms with E-state index in [2.05, 4.69) is 12.2 Å². The van der Waals surface area contributed by atoms with Gasteiger partial charge in [-0.05, 0) is 37.5 Å². The Morgan fingerprint density at radius 2 is 2.23 bits per heavy atom. The first-order valence-corrected chi connectivity index (χ1v) is 5.17. The maximum atomic E-state index is 11.3. The number of allylic oxidation sites excluding steroid dienone is 2. The molecular weight excluding hydrogens is 164 g/mol. The molecule has 2 aliphatic rings. The van der Waals surface area contributed by atoms with Crippen molar-refractivity contribution < 1.29 is 9.53 Å². The Hall–Kier alpha value is -0.790. The molecule has 1 atom stereocenters. The van der Waals surface area contributed by atoms with E-state index in [0.29, 0.717) is 24.9 Å². The first-order valence-electron chi connectivity index (χ1n) is 5.17. The zero-order valence-corrected chi connectivity index (χ0v) is 7.87. The van der Waals surface area contributed by atoms with Gasteiger partial charge in [0.05, 0.1) is 13.0 Å². The lowest BCUT2D eigenvalue weighted by Crippen LogP contribution is -2.10. The number of esters is 1. The van der Waals surface area contributed by atoms with Crippen molar-refractivity contribution in [1.82, 2.24) is 0 Å². The molecule has 13 heavy (non-hydrogen) atoms. The predicted molar refractivity (Wildman–Crippen MR) is 50.2 cm³/mol. The SMILES string of the molecule is O=C(CC1C=CCC1)OCC1CC1. The van der Waals surface area contributed by atoms with Crippen LogP contribution < -0.4 is 0 Å². The molecule has 1 unspecified atom stereocenters. The fraction of sp³-hybridized carbons (Fsp3) is 0.727. The summed E-state index contributed by atoms with van der Waals surface area (Å²) in [5.41, 5.74) is 0. The lowest BCUT2D eigenvalue weighted by Gasteiger charge is -2.07. The third kappa shape index (κ3) is 2.87. The molecule has 0 spiro atoms. The molecule has 0 aliphatic heterocycles. The van der Waals surface area contributed by atoms with Gasteiger partial charge in [-0.2, -0.15) is 0 Å². The van der Waals surface area contributed by atoms with Crippen molar-refractivity contribution in [2.45, 2.75) is 32.1 Å². The van der Waals surface area contributed by atoms with Gasteiger partial charge in [-0.3, -0.25) is 4.79 Å². The molecule has 0 bridgehead atoms. The number of rotatable bonds is 4. The third-order valence-corrected chi connectivity index (χ3v) is 2.72. The Kier molecular flexibility index (Phi) is 2.67. The monoisotopic (exact) mass is 180 g/mol. The maximum absolute atomic E-state index is 11.3. The van der Waals surface area contributed by atoms with Crippen LogP contribution in [-0.4, -0.2) is 12.6 Å². The summed E-state index contributed by atoms with van der Waals surface area (Å²) in [5, 5.41) is 0. The molecule has 0 aromatic rings. The van der Waals surface area contributed by atoms with Crippen molar-refractivity contribution in [3.05, 3.63) is 12.2 Å². The third-order valence-electron chi connectivity index (χ3n) is 2.72. The topological polar surface area (TPSA) is 26.3 Å². The molecule has 1 fully saturated rings. The van der Waals surface area contributed by atoms with E-state index in [1.54, 1.807) is 0 Å². The quantitative estimate of drug-likeness (QED) is 0.490. The highest BCUT2D eigenvalue weighted by Gasteiger charge is 2.23. The first-order chi connectivity index (χ1) is 6.34. The molecular formula is C11H16O2. The second-order valence-electron chi connectivity index (χ2n) is 4.10. The smallest absolute Gasteiger partial charge is 0.306 e. The van der Waals surface area contributed by atoms with Crippen molar-refractivity contribution in [1.29, 1.82) is 0 Å².